The number of nitrogens with two attached hydrogens (primary N) is 1. The lowest BCUT2D eigenvalue weighted by Gasteiger charge is -2.61. The number of amides is 1. The minimum atomic E-state index is -0.147. The quantitative estimate of drug-likeness (QED) is 0.670. The SMILES string of the molecule is C[C@H](CCCC(N)=O)[C@H]1CC[C@H]2[C@@H]3CC[C@@H]4C[C@@H](O)CC[C@]4(C)[C@H]3CC[C@]12C. The molecular weight excluding hydrogens is 346 g/mol. The molecule has 0 bridgehead atoms. The average molecular weight is 390 g/mol. The lowest BCUT2D eigenvalue weighted by molar-refractivity contribution is -0.129. The van der Waals surface area contributed by atoms with Crippen molar-refractivity contribution in [2.24, 2.45) is 52.1 Å². The van der Waals surface area contributed by atoms with Gasteiger partial charge in [-0.05, 0) is 117 Å². The molecule has 4 saturated carbocycles. The first-order valence-electron chi connectivity index (χ1n) is 12.2. The van der Waals surface area contributed by atoms with Gasteiger partial charge in [-0.25, -0.2) is 0 Å². The molecule has 0 heterocycles. The predicted molar refractivity (Wildman–Crippen MR) is 113 cm³/mol. The number of fused-ring (bicyclic) bond motifs is 5. The minimum absolute atomic E-state index is 0.0411. The lowest BCUT2D eigenvalue weighted by atomic mass is 9.44. The maximum Gasteiger partial charge on any atom is 0.217 e. The molecule has 160 valence electrons. The van der Waals surface area contributed by atoms with Crippen LogP contribution in [0.3, 0.4) is 0 Å². The van der Waals surface area contributed by atoms with Gasteiger partial charge in [0.2, 0.25) is 5.91 Å². The molecule has 3 nitrogen and oxygen atoms in total. The predicted octanol–water partition coefficient (Wildman–Crippen LogP) is 5.30. The molecule has 0 spiro atoms. The molecule has 4 aliphatic rings. The van der Waals surface area contributed by atoms with Gasteiger partial charge in [-0.15, -0.1) is 0 Å². The Labute approximate surface area is 172 Å². The molecule has 0 aliphatic heterocycles. The van der Waals surface area contributed by atoms with Gasteiger partial charge in [0, 0.05) is 6.42 Å². The topological polar surface area (TPSA) is 63.3 Å². The van der Waals surface area contributed by atoms with Crippen molar-refractivity contribution in [2.75, 3.05) is 0 Å². The number of rotatable bonds is 5. The number of aliphatic hydroxyl groups is 1. The Morgan fingerprint density at radius 2 is 1.75 bits per heavy atom. The second-order valence-corrected chi connectivity index (χ2v) is 11.6. The Morgan fingerprint density at radius 1 is 1.04 bits per heavy atom. The first-order chi connectivity index (χ1) is 13.3. The summed E-state index contributed by atoms with van der Waals surface area (Å²) in [4.78, 5) is 11.1. The molecule has 0 radical (unpaired) electrons. The highest BCUT2D eigenvalue weighted by atomic mass is 16.3. The molecule has 0 aromatic heterocycles. The number of hydrogen-bond donors (Lipinski definition) is 2. The van der Waals surface area contributed by atoms with Crippen molar-refractivity contribution < 1.29 is 9.90 Å². The van der Waals surface area contributed by atoms with Gasteiger partial charge in [-0.2, -0.15) is 0 Å². The Kier molecular flexibility index (Phi) is 5.61. The van der Waals surface area contributed by atoms with E-state index in [-0.39, 0.29) is 12.0 Å². The number of aliphatic hydroxyl groups excluding tert-OH is 1. The zero-order chi connectivity index (χ0) is 20.1. The van der Waals surface area contributed by atoms with Crippen molar-refractivity contribution >= 4 is 5.91 Å². The van der Waals surface area contributed by atoms with E-state index >= 15 is 0 Å². The highest BCUT2D eigenvalue weighted by Crippen LogP contribution is 2.68. The van der Waals surface area contributed by atoms with Crippen molar-refractivity contribution in [3.63, 3.8) is 0 Å². The van der Waals surface area contributed by atoms with E-state index in [1.807, 2.05) is 0 Å². The second-order valence-electron chi connectivity index (χ2n) is 11.6. The third-order valence-corrected chi connectivity index (χ3v) is 10.5. The maximum atomic E-state index is 11.1. The molecule has 9 atom stereocenters. The molecular formula is C25H43NO2. The fraction of sp³-hybridized carbons (Fsp3) is 0.960. The zero-order valence-corrected chi connectivity index (χ0v) is 18.5. The highest BCUT2D eigenvalue weighted by Gasteiger charge is 2.60. The highest BCUT2D eigenvalue weighted by molar-refractivity contribution is 5.73. The Balaban J connectivity index is 1.47. The number of carbonyl (C=O) groups excluding carboxylic acids is 1. The van der Waals surface area contributed by atoms with Gasteiger partial charge in [0.25, 0.3) is 0 Å². The summed E-state index contributed by atoms with van der Waals surface area (Å²) in [6.07, 6.45) is 14.3. The lowest BCUT2D eigenvalue weighted by Crippen LogP contribution is -2.54. The van der Waals surface area contributed by atoms with Crippen LogP contribution in [0.15, 0.2) is 0 Å². The molecule has 3 heteroatoms. The summed E-state index contributed by atoms with van der Waals surface area (Å²) in [6.45, 7) is 7.64. The van der Waals surface area contributed by atoms with Gasteiger partial charge < -0.3 is 10.8 Å². The van der Waals surface area contributed by atoms with Crippen LogP contribution in [0.1, 0.15) is 97.8 Å². The first kappa shape index (κ1) is 20.7. The third kappa shape index (κ3) is 3.34. The fourth-order valence-corrected chi connectivity index (χ4v) is 9.01. The minimum Gasteiger partial charge on any atom is -0.393 e. The van der Waals surface area contributed by atoms with E-state index in [1.165, 1.54) is 44.9 Å². The molecule has 3 N–H and O–H groups in total. The second kappa shape index (κ2) is 7.60. The van der Waals surface area contributed by atoms with E-state index in [1.54, 1.807) is 0 Å². The Hall–Kier alpha value is -0.570. The van der Waals surface area contributed by atoms with E-state index in [0.717, 1.165) is 55.3 Å². The van der Waals surface area contributed by atoms with Crippen molar-refractivity contribution in [1.29, 1.82) is 0 Å². The molecule has 4 fully saturated rings. The number of hydrogen-bond acceptors (Lipinski definition) is 2. The number of primary amides is 1. The van der Waals surface area contributed by atoms with Crippen LogP contribution in [0.5, 0.6) is 0 Å². The van der Waals surface area contributed by atoms with E-state index < -0.39 is 0 Å². The summed E-state index contributed by atoms with van der Waals surface area (Å²) in [7, 11) is 0. The maximum absolute atomic E-state index is 11.1. The first-order valence-corrected chi connectivity index (χ1v) is 12.2. The molecule has 0 unspecified atom stereocenters. The Morgan fingerprint density at radius 3 is 2.50 bits per heavy atom. The van der Waals surface area contributed by atoms with Crippen LogP contribution in [0.25, 0.3) is 0 Å². The van der Waals surface area contributed by atoms with Crippen LogP contribution in [0, 0.1) is 46.3 Å². The average Bonchev–Trinajstić information content (AvgIpc) is 2.99. The summed E-state index contributed by atoms with van der Waals surface area (Å²) in [6, 6.07) is 0. The number of carbonyl (C=O) groups is 1. The van der Waals surface area contributed by atoms with E-state index in [0.29, 0.717) is 23.2 Å². The normalized spacial score (nSPS) is 49.0. The van der Waals surface area contributed by atoms with E-state index in [4.69, 9.17) is 5.73 Å². The smallest absolute Gasteiger partial charge is 0.217 e. The zero-order valence-electron chi connectivity index (χ0n) is 18.5. The van der Waals surface area contributed by atoms with Crippen LogP contribution >= 0.6 is 0 Å². The van der Waals surface area contributed by atoms with Gasteiger partial charge in [0.15, 0.2) is 0 Å². The van der Waals surface area contributed by atoms with Crippen LogP contribution in [0.4, 0.5) is 0 Å². The van der Waals surface area contributed by atoms with Crippen LogP contribution in [-0.2, 0) is 4.79 Å². The van der Waals surface area contributed by atoms with Gasteiger partial charge in [0.05, 0.1) is 6.10 Å². The molecule has 0 saturated heterocycles. The van der Waals surface area contributed by atoms with Gasteiger partial charge in [-0.1, -0.05) is 20.8 Å². The summed E-state index contributed by atoms with van der Waals surface area (Å²) in [5, 5.41) is 10.2. The van der Waals surface area contributed by atoms with Crippen molar-refractivity contribution in [1.82, 2.24) is 0 Å². The molecule has 1 amide bonds. The van der Waals surface area contributed by atoms with Crippen molar-refractivity contribution in [3.8, 4) is 0 Å². The fourth-order valence-electron chi connectivity index (χ4n) is 9.01. The van der Waals surface area contributed by atoms with Crippen molar-refractivity contribution in [3.05, 3.63) is 0 Å². The molecule has 0 aromatic carbocycles. The van der Waals surface area contributed by atoms with E-state index in [2.05, 4.69) is 20.8 Å². The Bertz CT molecular complexity index is 591. The van der Waals surface area contributed by atoms with Crippen molar-refractivity contribution in [2.45, 2.75) is 104 Å². The molecule has 4 rings (SSSR count). The molecule has 0 aromatic rings. The third-order valence-electron chi connectivity index (χ3n) is 10.5. The van der Waals surface area contributed by atoms with Crippen LogP contribution in [0.2, 0.25) is 0 Å². The summed E-state index contributed by atoms with van der Waals surface area (Å²) in [5.41, 5.74) is 6.34. The summed E-state index contributed by atoms with van der Waals surface area (Å²) in [5.74, 6) is 4.85. The van der Waals surface area contributed by atoms with E-state index in [9.17, 15) is 9.90 Å². The van der Waals surface area contributed by atoms with Gasteiger partial charge in [0.1, 0.15) is 0 Å². The standard InChI is InChI=1S/C25H43NO2/c1-16(5-4-6-23(26)28)20-9-10-21-19-8-7-17-15-18(27)11-13-24(17,2)22(19)12-14-25(20,21)3/h16-22,27H,4-15H2,1-3H3,(H2,26,28)/t16-,17-,18+,19+,20-,21+,22+,24+,25-/m1/s1. The van der Waals surface area contributed by atoms with Gasteiger partial charge >= 0.3 is 0 Å². The van der Waals surface area contributed by atoms with Gasteiger partial charge in [-0.3, -0.25) is 4.79 Å². The van der Waals surface area contributed by atoms with Crippen LogP contribution in [-0.4, -0.2) is 17.1 Å². The monoisotopic (exact) mass is 389 g/mol. The summed E-state index contributed by atoms with van der Waals surface area (Å²) < 4.78 is 0. The largest absolute Gasteiger partial charge is 0.393 e. The molecule has 28 heavy (non-hydrogen) atoms. The molecule has 4 aliphatic carbocycles. The van der Waals surface area contributed by atoms with Crippen LogP contribution < -0.4 is 5.73 Å². The summed E-state index contributed by atoms with van der Waals surface area (Å²) >= 11 is 0.